The van der Waals surface area contributed by atoms with E-state index in [1.54, 1.807) is 25.1 Å². The predicted octanol–water partition coefficient (Wildman–Crippen LogP) is 3.35. The standard InChI is InChI=1S/C20H24N2O5/c1-4-26-17-11-10-16(12-18(17)25-3)22-19(23)14(2)21-20(24)27-13-15-8-6-5-7-9-15/h5-12,14H,4,13H2,1-3H3,(H,21,24)(H,22,23)/t14-/m0/s1. The summed E-state index contributed by atoms with van der Waals surface area (Å²) in [7, 11) is 1.52. The second-order valence-corrected chi connectivity index (χ2v) is 5.72. The molecule has 2 aromatic rings. The average molecular weight is 372 g/mol. The van der Waals surface area contributed by atoms with Crippen molar-refractivity contribution in [2.24, 2.45) is 0 Å². The summed E-state index contributed by atoms with van der Waals surface area (Å²) < 4.78 is 15.8. The van der Waals surface area contributed by atoms with Crippen molar-refractivity contribution in [1.29, 1.82) is 0 Å². The minimum atomic E-state index is -0.772. The molecule has 0 aromatic heterocycles. The van der Waals surface area contributed by atoms with Gasteiger partial charge in [0.1, 0.15) is 12.6 Å². The number of methoxy groups -OCH3 is 1. The van der Waals surface area contributed by atoms with E-state index in [0.29, 0.717) is 23.8 Å². The van der Waals surface area contributed by atoms with Crippen molar-refractivity contribution in [3.8, 4) is 11.5 Å². The summed E-state index contributed by atoms with van der Waals surface area (Å²) >= 11 is 0. The fourth-order valence-corrected chi connectivity index (χ4v) is 2.28. The van der Waals surface area contributed by atoms with Gasteiger partial charge in [-0.1, -0.05) is 30.3 Å². The molecule has 1 atom stereocenters. The molecule has 27 heavy (non-hydrogen) atoms. The molecule has 2 amide bonds. The Hall–Kier alpha value is -3.22. The van der Waals surface area contributed by atoms with Crippen LogP contribution in [0.2, 0.25) is 0 Å². The number of hydrogen-bond donors (Lipinski definition) is 2. The Morgan fingerprint density at radius 1 is 1.07 bits per heavy atom. The SMILES string of the molecule is CCOc1ccc(NC(=O)[C@H](C)NC(=O)OCc2ccccc2)cc1OC. The van der Waals surface area contributed by atoms with Gasteiger partial charge in [0, 0.05) is 11.8 Å². The van der Waals surface area contributed by atoms with Crippen LogP contribution in [0.4, 0.5) is 10.5 Å². The van der Waals surface area contributed by atoms with E-state index < -0.39 is 12.1 Å². The topological polar surface area (TPSA) is 85.9 Å². The second-order valence-electron chi connectivity index (χ2n) is 5.72. The molecular weight excluding hydrogens is 348 g/mol. The third-order valence-electron chi connectivity index (χ3n) is 3.67. The van der Waals surface area contributed by atoms with Crippen LogP contribution < -0.4 is 20.1 Å². The maximum Gasteiger partial charge on any atom is 0.408 e. The van der Waals surface area contributed by atoms with Crippen molar-refractivity contribution in [1.82, 2.24) is 5.32 Å². The molecule has 0 aliphatic carbocycles. The molecule has 0 fully saturated rings. The van der Waals surface area contributed by atoms with E-state index in [9.17, 15) is 9.59 Å². The van der Waals surface area contributed by atoms with Crippen LogP contribution >= 0.6 is 0 Å². The average Bonchev–Trinajstić information content (AvgIpc) is 2.68. The lowest BCUT2D eigenvalue weighted by Gasteiger charge is -2.15. The zero-order valence-corrected chi connectivity index (χ0v) is 15.7. The molecule has 7 nitrogen and oxygen atoms in total. The summed E-state index contributed by atoms with van der Waals surface area (Å²) in [5, 5.41) is 5.22. The summed E-state index contributed by atoms with van der Waals surface area (Å²) in [5.74, 6) is 0.726. The minimum Gasteiger partial charge on any atom is -0.493 e. The van der Waals surface area contributed by atoms with E-state index in [2.05, 4.69) is 10.6 Å². The Balaban J connectivity index is 1.86. The van der Waals surface area contributed by atoms with Gasteiger partial charge in [-0.15, -0.1) is 0 Å². The Kier molecular flexibility index (Phi) is 7.49. The van der Waals surface area contributed by atoms with E-state index in [0.717, 1.165) is 5.56 Å². The Labute approximate surface area is 158 Å². The zero-order chi connectivity index (χ0) is 19.6. The van der Waals surface area contributed by atoms with Crippen LogP contribution in [-0.2, 0) is 16.1 Å². The molecule has 0 saturated heterocycles. The van der Waals surface area contributed by atoms with Gasteiger partial charge in [0.25, 0.3) is 0 Å². The Bertz CT molecular complexity index is 764. The molecule has 0 saturated carbocycles. The molecule has 144 valence electrons. The monoisotopic (exact) mass is 372 g/mol. The number of carbonyl (C=O) groups is 2. The molecule has 0 aliphatic rings. The van der Waals surface area contributed by atoms with Gasteiger partial charge in [0.15, 0.2) is 11.5 Å². The van der Waals surface area contributed by atoms with Gasteiger partial charge in [-0.25, -0.2) is 4.79 Å². The summed E-state index contributed by atoms with van der Waals surface area (Å²) in [6.45, 7) is 4.09. The van der Waals surface area contributed by atoms with Crippen LogP contribution in [0.5, 0.6) is 11.5 Å². The van der Waals surface area contributed by atoms with Crippen molar-refractivity contribution < 1.29 is 23.8 Å². The van der Waals surface area contributed by atoms with E-state index in [1.165, 1.54) is 7.11 Å². The second kappa shape index (κ2) is 10.1. The number of rotatable bonds is 8. The van der Waals surface area contributed by atoms with Gasteiger partial charge in [-0.3, -0.25) is 4.79 Å². The largest absolute Gasteiger partial charge is 0.493 e. The van der Waals surface area contributed by atoms with Gasteiger partial charge < -0.3 is 24.8 Å². The number of nitrogens with one attached hydrogen (secondary N) is 2. The highest BCUT2D eigenvalue weighted by Crippen LogP contribution is 2.30. The molecule has 0 unspecified atom stereocenters. The third kappa shape index (κ3) is 6.22. The lowest BCUT2D eigenvalue weighted by atomic mass is 10.2. The van der Waals surface area contributed by atoms with Crippen LogP contribution in [0.3, 0.4) is 0 Å². The highest BCUT2D eigenvalue weighted by atomic mass is 16.5. The van der Waals surface area contributed by atoms with Gasteiger partial charge >= 0.3 is 6.09 Å². The first-order valence-corrected chi connectivity index (χ1v) is 8.62. The lowest BCUT2D eigenvalue weighted by Crippen LogP contribution is -2.41. The van der Waals surface area contributed by atoms with Crippen molar-refractivity contribution >= 4 is 17.7 Å². The van der Waals surface area contributed by atoms with Crippen molar-refractivity contribution in [3.63, 3.8) is 0 Å². The maximum atomic E-state index is 12.3. The highest BCUT2D eigenvalue weighted by molar-refractivity contribution is 5.96. The molecule has 7 heteroatoms. The number of alkyl carbamates (subject to hydrolysis) is 1. The fourth-order valence-electron chi connectivity index (χ4n) is 2.28. The minimum absolute atomic E-state index is 0.136. The molecule has 2 aromatic carbocycles. The zero-order valence-electron chi connectivity index (χ0n) is 15.7. The van der Waals surface area contributed by atoms with Crippen molar-refractivity contribution in [2.75, 3.05) is 19.0 Å². The number of hydrogen-bond acceptors (Lipinski definition) is 5. The predicted molar refractivity (Wildman–Crippen MR) is 102 cm³/mol. The molecule has 0 bridgehead atoms. The van der Waals surface area contributed by atoms with Gasteiger partial charge in [0.2, 0.25) is 5.91 Å². The summed E-state index contributed by atoms with van der Waals surface area (Å²) in [4.78, 5) is 24.1. The Morgan fingerprint density at radius 2 is 1.81 bits per heavy atom. The van der Waals surface area contributed by atoms with Gasteiger partial charge in [0.05, 0.1) is 13.7 Å². The van der Waals surface area contributed by atoms with E-state index in [-0.39, 0.29) is 12.5 Å². The first-order chi connectivity index (χ1) is 13.0. The molecule has 2 rings (SSSR count). The first kappa shape index (κ1) is 20.1. The summed E-state index contributed by atoms with van der Waals surface area (Å²) in [5.41, 5.74) is 1.40. The molecular formula is C20H24N2O5. The fraction of sp³-hybridized carbons (Fsp3) is 0.300. The first-order valence-electron chi connectivity index (χ1n) is 8.62. The molecule has 0 heterocycles. The van der Waals surface area contributed by atoms with Gasteiger partial charge in [-0.05, 0) is 31.5 Å². The normalized spacial score (nSPS) is 11.2. The van der Waals surface area contributed by atoms with Crippen LogP contribution in [0.25, 0.3) is 0 Å². The molecule has 0 radical (unpaired) electrons. The number of benzene rings is 2. The number of ether oxygens (including phenoxy) is 3. The van der Waals surface area contributed by atoms with Gasteiger partial charge in [-0.2, -0.15) is 0 Å². The third-order valence-corrected chi connectivity index (χ3v) is 3.67. The Morgan fingerprint density at radius 3 is 2.48 bits per heavy atom. The quantitative estimate of drug-likeness (QED) is 0.742. The number of carbonyl (C=O) groups excluding carboxylic acids is 2. The maximum absolute atomic E-state index is 12.3. The molecule has 2 N–H and O–H groups in total. The van der Waals surface area contributed by atoms with Crippen molar-refractivity contribution in [3.05, 3.63) is 54.1 Å². The number of anilines is 1. The van der Waals surface area contributed by atoms with Crippen molar-refractivity contribution in [2.45, 2.75) is 26.5 Å². The summed E-state index contributed by atoms with van der Waals surface area (Å²) in [6, 6.07) is 13.6. The molecule has 0 spiro atoms. The van der Waals surface area contributed by atoms with E-state index in [1.807, 2.05) is 37.3 Å². The van der Waals surface area contributed by atoms with E-state index in [4.69, 9.17) is 14.2 Å². The highest BCUT2D eigenvalue weighted by Gasteiger charge is 2.17. The number of amides is 2. The smallest absolute Gasteiger partial charge is 0.408 e. The van der Waals surface area contributed by atoms with Crippen LogP contribution in [0.15, 0.2) is 48.5 Å². The van der Waals surface area contributed by atoms with Crippen LogP contribution in [0.1, 0.15) is 19.4 Å². The molecule has 0 aliphatic heterocycles. The van der Waals surface area contributed by atoms with E-state index >= 15 is 0 Å². The van der Waals surface area contributed by atoms with Crippen LogP contribution in [-0.4, -0.2) is 31.8 Å². The summed E-state index contributed by atoms with van der Waals surface area (Å²) in [6.07, 6.45) is -0.661. The van der Waals surface area contributed by atoms with Crippen LogP contribution in [0, 0.1) is 0 Å². The lowest BCUT2D eigenvalue weighted by molar-refractivity contribution is -0.117.